The lowest BCUT2D eigenvalue weighted by Gasteiger charge is -2.23. The maximum absolute atomic E-state index is 5.49. The van der Waals surface area contributed by atoms with Gasteiger partial charge < -0.3 is 18.9 Å². The molecule has 0 N–H and O–H groups in total. The summed E-state index contributed by atoms with van der Waals surface area (Å²) in [5, 5.41) is 0. The summed E-state index contributed by atoms with van der Waals surface area (Å²) in [5.74, 6) is 0. The summed E-state index contributed by atoms with van der Waals surface area (Å²) in [6.45, 7) is 11.7. The van der Waals surface area contributed by atoms with Gasteiger partial charge in [0.15, 0.2) is 6.29 Å². The van der Waals surface area contributed by atoms with Crippen LogP contribution in [0.25, 0.3) is 0 Å². The van der Waals surface area contributed by atoms with Crippen molar-refractivity contribution in [1.82, 2.24) is 4.90 Å². The van der Waals surface area contributed by atoms with Crippen LogP contribution in [0, 0.1) is 0 Å². The van der Waals surface area contributed by atoms with Crippen LogP contribution < -0.4 is 0 Å². The van der Waals surface area contributed by atoms with Crippen LogP contribution in [-0.2, 0) is 18.9 Å². The maximum atomic E-state index is 5.49. The van der Waals surface area contributed by atoms with Crippen LogP contribution in [0.5, 0.6) is 0 Å². The third kappa shape index (κ3) is 10.9. The van der Waals surface area contributed by atoms with Gasteiger partial charge in [-0.25, -0.2) is 0 Å². The van der Waals surface area contributed by atoms with Gasteiger partial charge >= 0.3 is 0 Å². The zero-order valence-electron chi connectivity index (χ0n) is 12.3. The molecule has 0 aromatic rings. The molecule has 0 saturated heterocycles. The quantitative estimate of drug-likeness (QED) is 0.371. The molecule has 110 valence electrons. The Bertz CT molecular complexity index is 163. The molecule has 0 aliphatic heterocycles. The highest BCUT2D eigenvalue weighted by molar-refractivity contribution is 4.54. The molecule has 5 nitrogen and oxygen atoms in total. The van der Waals surface area contributed by atoms with Gasteiger partial charge in [0.25, 0.3) is 0 Å². The van der Waals surface area contributed by atoms with E-state index in [9.17, 15) is 0 Å². The summed E-state index contributed by atoms with van der Waals surface area (Å²) >= 11 is 0. The van der Waals surface area contributed by atoms with Crippen LogP contribution in [0.2, 0.25) is 0 Å². The second-order valence-electron chi connectivity index (χ2n) is 3.91. The molecule has 0 aromatic heterocycles. The Morgan fingerprint density at radius 1 is 0.833 bits per heavy atom. The van der Waals surface area contributed by atoms with E-state index in [1.54, 1.807) is 0 Å². The third-order valence-corrected chi connectivity index (χ3v) is 2.36. The number of hydrogen-bond acceptors (Lipinski definition) is 5. The summed E-state index contributed by atoms with van der Waals surface area (Å²) < 4.78 is 21.6. The lowest BCUT2D eigenvalue weighted by atomic mass is 10.5. The first-order valence-corrected chi connectivity index (χ1v) is 6.81. The fourth-order valence-corrected chi connectivity index (χ4v) is 1.46. The molecule has 0 amide bonds. The van der Waals surface area contributed by atoms with Gasteiger partial charge in [-0.1, -0.05) is 0 Å². The van der Waals surface area contributed by atoms with Crippen molar-refractivity contribution in [3.63, 3.8) is 0 Å². The van der Waals surface area contributed by atoms with Crippen LogP contribution >= 0.6 is 0 Å². The number of nitrogens with zero attached hydrogens (tertiary/aromatic N) is 1. The first-order chi connectivity index (χ1) is 8.74. The van der Waals surface area contributed by atoms with Crippen LogP contribution in [-0.4, -0.2) is 71.0 Å². The van der Waals surface area contributed by atoms with Gasteiger partial charge in [0.05, 0.1) is 19.8 Å². The predicted octanol–water partition coefficient (Wildman–Crippen LogP) is 1.37. The number of likely N-dealkylation sites (N-methyl/N-ethyl adjacent to an activating group) is 1. The molecule has 0 saturated carbocycles. The average molecular weight is 263 g/mol. The van der Waals surface area contributed by atoms with E-state index < -0.39 is 0 Å². The van der Waals surface area contributed by atoms with Gasteiger partial charge in [0, 0.05) is 32.9 Å². The molecule has 0 fully saturated rings. The lowest BCUT2D eigenvalue weighted by Crippen LogP contribution is -2.35. The molecular weight excluding hydrogens is 234 g/mol. The molecule has 0 aliphatic carbocycles. The predicted molar refractivity (Wildman–Crippen MR) is 71.8 cm³/mol. The van der Waals surface area contributed by atoms with E-state index in [0.717, 1.165) is 19.7 Å². The summed E-state index contributed by atoms with van der Waals surface area (Å²) in [4.78, 5) is 2.15. The van der Waals surface area contributed by atoms with Crippen molar-refractivity contribution in [2.24, 2.45) is 0 Å². The van der Waals surface area contributed by atoms with Gasteiger partial charge in [0.2, 0.25) is 0 Å². The van der Waals surface area contributed by atoms with Crippen molar-refractivity contribution in [3.05, 3.63) is 0 Å². The Hall–Kier alpha value is -0.200. The Labute approximate surface area is 111 Å². The molecule has 0 spiro atoms. The normalized spacial score (nSPS) is 11.7. The molecule has 0 aliphatic rings. The average Bonchev–Trinajstić information content (AvgIpc) is 2.34. The molecule has 0 bridgehead atoms. The van der Waals surface area contributed by atoms with Gasteiger partial charge in [0.1, 0.15) is 0 Å². The standard InChI is InChI=1S/C13H29NO4/c1-5-15-10-11-16-9-8-14(4)12-13(17-6-2)18-7-3/h13H,5-12H2,1-4H3. The highest BCUT2D eigenvalue weighted by Crippen LogP contribution is 1.98. The molecule has 18 heavy (non-hydrogen) atoms. The maximum Gasteiger partial charge on any atom is 0.170 e. The molecule has 0 heterocycles. The highest BCUT2D eigenvalue weighted by atomic mass is 16.7. The first-order valence-electron chi connectivity index (χ1n) is 6.81. The second kappa shape index (κ2) is 13.2. The lowest BCUT2D eigenvalue weighted by molar-refractivity contribution is -0.146. The first kappa shape index (κ1) is 17.8. The molecule has 0 rings (SSSR count). The van der Waals surface area contributed by atoms with E-state index >= 15 is 0 Å². The Morgan fingerprint density at radius 2 is 1.44 bits per heavy atom. The number of hydrogen-bond donors (Lipinski definition) is 0. The Kier molecular flexibility index (Phi) is 13.1. The molecule has 0 radical (unpaired) electrons. The van der Waals surface area contributed by atoms with Crippen molar-refractivity contribution >= 4 is 0 Å². The Morgan fingerprint density at radius 3 is 2.00 bits per heavy atom. The van der Waals surface area contributed by atoms with Crippen LogP contribution in [0.4, 0.5) is 0 Å². The second-order valence-corrected chi connectivity index (χ2v) is 3.91. The minimum Gasteiger partial charge on any atom is -0.379 e. The van der Waals surface area contributed by atoms with Gasteiger partial charge in [-0.2, -0.15) is 0 Å². The molecule has 5 heteroatoms. The van der Waals surface area contributed by atoms with Crippen molar-refractivity contribution in [1.29, 1.82) is 0 Å². The van der Waals surface area contributed by atoms with Gasteiger partial charge in [-0.05, 0) is 27.8 Å². The molecular formula is C13H29NO4. The minimum atomic E-state index is -0.145. The minimum absolute atomic E-state index is 0.145. The van der Waals surface area contributed by atoms with Crippen LogP contribution in [0.3, 0.4) is 0 Å². The van der Waals surface area contributed by atoms with E-state index in [2.05, 4.69) is 4.90 Å². The zero-order chi connectivity index (χ0) is 13.6. The summed E-state index contributed by atoms with van der Waals surface area (Å²) in [6, 6.07) is 0. The zero-order valence-corrected chi connectivity index (χ0v) is 12.3. The van der Waals surface area contributed by atoms with Crippen molar-refractivity contribution < 1.29 is 18.9 Å². The van der Waals surface area contributed by atoms with E-state index in [1.807, 2.05) is 27.8 Å². The molecule has 0 atom stereocenters. The van der Waals surface area contributed by atoms with Crippen LogP contribution in [0.15, 0.2) is 0 Å². The SMILES string of the molecule is CCOCCOCCN(C)CC(OCC)OCC. The fourth-order valence-electron chi connectivity index (χ4n) is 1.46. The summed E-state index contributed by atoms with van der Waals surface area (Å²) in [5.41, 5.74) is 0. The van der Waals surface area contributed by atoms with Gasteiger partial charge in [-0.15, -0.1) is 0 Å². The fraction of sp³-hybridized carbons (Fsp3) is 1.00. The Balaban J connectivity index is 3.51. The van der Waals surface area contributed by atoms with Crippen molar-refractivity contribution in [3.8, 4) is 0 Å². The highest BCUT2D eigenvalue weighted by Gasteiger charge is 2.10. The smallest absolute Gasteiger partial charge is 0.170 e. The van der Waals surface area contributed by atoms with E-state index in [-0.39, 0.29) is 6.29 Å². The summed E-state index contributed by atoms with van der Waals surface area (Å²) in [6.07, 6.45) is -0.145. The topological polar surface area (TPSA) is 40.2 Å². The molecule has 0 unspecified atom stereocenters. The molecule has 0 aromatic carbocycles. The largest absolute Gasteiger partial charge is 0.379 e. The third-order valence-electron chi connectivity index (χ3n) is 2.36. The monoisotopic (exact) mass is 263 g/mol. The van der Waals surface area contributed by atoms with Crippen molar-refractivity contribution in [2.75, 3.05) is 59.8 Å². The van der Waals surface area contributed by atoms with E-state index in [1.165, 1.54) is 0 Å². The number of rotatable bonds is 13. The summed E-state index contributed by atoms with van der Waals surface area (Å²) in [7, 11) is 2.04. The van der Waals surface area contributed by atoms with Crippen LogP contribution in [0.1, 0.15) is 20.8 Å². The van der Waals surface area contributed by atoms with E-state index in [0.29, 0.717) is 33.0 Å². The number of ether oxygens (including phenoxy) is 4. The van der Waals surface area contributed by atoms with Gasteiger partial charge in [-0.3, -0.25) is 4.90 Å². The van der Waals surface area contributed by atoms with E-state index in [4.69, 9.17) is 18.9 Å². The van der Waals surface area contributed by atoms with Crippen molar-refractivity contribution in [2.45, 2.75) is 27.1 Å².